The summed E-state index contributed by atoms with van der Waals surface area (Å²) < 4.78 is 0. The van der Waals surface area contributed by atoms with Gasteiger partial charge >= 0.3 is 5.97 Å². The molecule has 1 saturated heterocycles. The van der Waals surface area contributed by atoms with Gasteiger partial charge in [0.05, 0.1) is 11.7 Å². The first kappa shape index (κ1) is 18.1. The molecule has 2 heterocycles. The molecule has 1 aromatic heterocycles. The summed E-state index contributed by atoms with van der Waals surface area (Å²) in [5.74, 6) is -1.19. The van der Waals surface area contributed by atoms with Crippen molar-refractivity contribution < 1.29 is 19.5 Å². The van der Waals surface area contributed by atoms with E-state index in [-0.39, 0.29) is 16.7 Å². The third kappa shape index (κ3) is 3.60. The summed E-state index contributed by atoms with van der Waals surface area (Å²) in [6.07, 6.45) is 1.41. The van der Waals surface area contributed by atoms with Crippen LogP contribution in [0.1, 0.15) is 56.5 Å². The van der Waals surface area contributed by atoms with Crippen molar-refractivity contribution in [3.63, 3.8) is 0 Å². The molecule has 1 aliphatic rings. The van der Waals surface area contributed by atoms with E-state index in [9.17, 15) is 14.4 Å². The van der Waals surface area contributed by atoms with Gasteiger partial charge in [0, 0.05) is 24.2 Å². The molecule has 0 saturated carbocycles. The molecule has 1 aromatic carbocycles. The lowest BCUT2D eigenvalue weighted by molar-refractivity contribution is -0.117. The molecule has 3 rings (SSSR count). The maximum atomic E-state index is 12.4. The highest BCUT2D eigenvalue weighted by molar-refractivity contribution is 7.13. The summed E-state index contributed by atoms with van der Waals surface area (Å²) in [6.45, 7) is 4.10. The molecule has 0 radical (unpaired) electrons. The predicted molar refractivity (Wildman–Crippen MR) is 97.7 cm³/mol. The maximum absolute atomic E-state index is 12.4. The van der Waals surface area contributed by atoms with Gasteiger partial charge in [0.25, 0.3) is 5.91 Å². The number of carbonyl (C=O) groups is 3. The molecule has 136 valence electrons. The second-order valence-corrected chi connectivity index (χ2v) is 7.19. The summed E-state index contributed by atoms with van der Waals surface area (Å²) >= 11 is 1.06. The van der Waals surface area contributed by atoms with Crippen LogP contribution in [0.15, 0.2) is 24.3 Å². The average molecular weight is 373 g/mol. The SMILES string of the molecule is Cc1nc(C(C)NC(=O)c2ccc(N3CCCC3=O)cc2)sc1C(=O)O. The fourth-order valence-electron chi connectivity index (χ4n) is 2.86. The molecule has 0 bridgehead atoms. The molecule has 2 amide bonds. The number of anilines is 1. The van der Waals surface area contributed by atoms with Crippen LogP contribution in [0.2, 0.25) is 0 Å². The van der Waals surface area contributed by atoms with Crippen molar-refractivity contribution in [2.75, 3.05) is 11.4 Å². The van der Waals surface area contributed by atoms with Crippen LogP contribution in [-0.2, 0) is 4.79 Å². The minimum Gasteiger partial charge on any atom is -0.477 e. The summed E-state index contributed by atoms with van der Waals surface area (Å²) in [5.41, 5.74) is 1.70. The smallest absolute Gasteiger partial charge is 0.347 e. The minimum absolute atomic E-state index is 0.101. The highest BCUT2D eigenvalue weighted by atomic mass is 32.1. The Kier molecular flexibility index (Phi) is 5.03. The van der Waals surface area contributed by atoms with Gasteiger partial charge in [0.1, 0.15) is 9.88 Å². The molecule has 0 spiro atoms. The predicted octanol–water partition coefficient (Wildman–Crippen LogP) is 2.77. The molecular weight excluding hydrogens is 354 g/mol. The lowest BCUT2D eigenvalue weighted by Gasteiger charge is -2.16. The van der Waals surface area contributed by atoms with Crippen molar-refractivity contribution in [1.82, 2.24) is 10.3 Å². The largest absolute Gasteiger partial charge is 0.477 e. The Morgan fingerprint density at radius 2 is 2.00 bits per heavy atom. The number of aromatic nitrogens is 1. The van der Waals surface area contributed by atoms with Gasteiger partial charge in [-0.25, -0.2) is 9.78 Å². The molecule has 1 aliphatic heterocycles. The zero-order valence-corrected chi connectivity index (χ0v) is 15.3. The number of nitrogens with zero attached hydrogens (tertiary/aromatic N) is 2. The summed E-state index contributed by atoms with van der Waals surface area (Å²) in [7, 11) is 0. The van der Waals surface area contributed by atoms with E-state index in [1.807, 2.05) is 0 Å². The Hall–Kier alpha value is -2.74. The van der Waals surface area contributed by atoms with Crippen LogP contribution in [-0.4, -0.2) is 34.4 Å². The number of carbonyl (C=O) groups excluding carboxylic acids is 2. The molecular formula is C18H19N3O4S. The Bertz CT molecular complexity index is 860. The van der Waals surface area contributed by atoms with E-state index in [2.05, 4.69) is 10.3 Å². The maximum Gasteiger partial charge on any atom is 0.347 e. The second kappa shape index (κ2) is 7.25. The highest BCUT2D eigenvalue weighted by Crippen LogP contribution is 2.25. The van der Waals surface area contributed by atoms with Gasteiger partial charge in [0.15, 0.2) is 0 Å². The standard InChI is InChI=1S/C18H19N3O4S/c1-10-15(18(24)25)26-17(20-10)11(2)19-16(23)12-5-7-13(8-6-12)21-9-3-4-14(21)22/h5-8,11H,3-4,9H2,1-2H3,(H,19,23)(H,24,25). The molecule has 8 heteroatoms. The minimum atomic E-state index is -1.02. The summed E-state index contributed by atoms with van der Waals surface area (Å²) in [5, 5.41) is 12.5. The summed E-state index contributed by atoms with van der Waals surface area (Å²) in [4.78, 5) is 41.4. The molecule has 1 unspecified atom stereocenters. The number of hydrogen-bond donors (Lipinski definition) is 2. The molecule has 26 heavy (non-hydrogen) atoms. The van der Waals surface area contributed by atoms with Crippen LogP contribution >= 0.6 is 11.3 Å². The van der Waals surface area contributed by atoms with E-state index >= 15 is 0 Å². The molecule has 1 fully saturated rings. The number of carboxylic acid groups (broad SMARTS) is 1. The fourth-order valence-corrected chi connectivity index (χ4v) is 3.76. The van der Waals surface area contributed by atoms with Crippen molar-refractivity contribution in [1.29, 1.82) is 0 Å². The average Bonchev–Trinajstić information content (AvgIpc) is 3.20. The van der Waals surface area contributed by atoms with Crippen LogP contribution in [0.25, 0.3) is 0 Å². The lowest BCUT2D eigenvalue weighted by Crippen LogP contribution is -2.27. The highest BCUT2D eigenvalue weighted by Gasteiger charge is 2.22. The van der Waals surface area contributed by atoms with Crippen molar-refractivity contribution in [3.05, 3.63) is 45.4 Å². The van der Waals surface area contributed by atoms with Gasteiger partial charge < -0.3 is 15.3 Å². The number of aryl methyl sites for hydroxylation is 1. The van der Waals surface area contributed by atoms with Crippen molar-refractivity contribution >= 4 is 34.8 Å². The third-order valence-corrected chi connectivity index (χ3v) is 5.57. The number of amides is 2. The fraction of sp³-hybridized carbons (Fsp3) is 0.333. The zero-order valence-electron chi connectivity index (χ0n) is 14.5. The zero-order chi connectivity index (χ0) is 18.8. The van der Waals surface area contributed by atoms with Crippen LogP contribution < -0.4 is 10.2 Å². The van der Waals surface area contributed by atoms with E-state index in [0.29, 0.717) is 29.2 Å². The number of aromatic carboxylic acids is 1. The van der Waals surface area contributed by atoms with Gasteiger partial charge in [-0.05, 0) is 44.5 Å². The van der Waals surface area contributed by atoms with Crippen LogP contribution in [0.5, 0.6) is 0 Å². The van der Waals surface area contributed by atoms with Gasteiger partial charge in [-0.15, -0.1) is 11.3 Å². The first-order chi connectivity index (χ1) is 12.4. The van der Waals surface area contributed by atoms with Crippen LogP contribution in [0.4, 0.5) is 5.69 Å². The molecule has 2 N–H and O–H groups in total. The quantitative estimate of drug-likeness (QED) is 0.839. The lowest BCUT2D eigenvalue weighted by atomic mass is 10.1. The monoisotopic (exact) mass is 373 g/mol. The molecule has 1 atom stereocenters. The first-order valence-electron chi connectivity index (χ1n) is 8.28. The number of carboxylic acids is 1. The van der Waals surface area contributed by atoms with E-state index in [1.165, 1.54) is 0 Å². The van der Waals surface area contributed by atoms with Crippen LogP contribution in [0.3, 0.4) is 0 Å². The first-order valence-corrected chi connectivity index (χ1v) is 9.10. The van der Waals surface area contributed by atoms with E-state index < -0.39 is 12.0 Å². The van der Waals surface area contributed by atoms with E-state index in [4.69, 9.17) is 5.11 Å². The molecule has 7 nitrogen and oxygen atoms in total. The third-order valence-electron chi connectivity index (χ3n) is 4.24. The van der Waals surface area contributed by atoms with E-state index in [0.717, 1.165) is 23.4 Å². The van der Waals surface area contributed by atoms with Gasteiger partial charge in [0.2, 0.25) is 5.91 Å². The van der Waals surface area contributed by atoms with Crippen molar-refractivity contribution in [2.45, 2.75) is 32.7 Å². The number of rotatable bonds is 5. The Balaban J connectivity index is 1.68. The Labute approximate surface area is 154 Å². The Morgan fingerprint density at radius 3 is 2.54 bits per heavy atom. The van der Waals surface area contributed by atoms with Crippen LogP contribution in [0, 0.1) is 6.92 Å². The molecule has 2 aromatic rings. The number of hydrogen-bond acceptors (Lipinski definition) is 5. The molecule has 0 aliphatic carbocycles. The Morgan fingerprint density at radius 1 is 1.31 bits per heavy atom. The van der Waals surface area contributed by atoms with Gasteiger partial charge in [-0.3, -0.25) is 9.59 Å². The number of nitrogens with one attached hydrogen (secondary N) is 1. The van der Waals surface area contributed by atoms with Crippen molar-refractivity contribution in [2.24, 2.45) is 0 Å². The van der Waals surface area contributed by atoms with Gasteiger partial charge in [-0.1, -0.05) is 0 Å². The number of thiazole rings is 1. The van der Waals surface area contributed by atoms with Crippen molar-refractivity contribution in [3.8, 4) is 0 Å². The van der Waals surface area contributed by atoms with E-state index in [1.54, 1.807) is 43.0 Å². The second-order valence-electron chi connectivity index (χ2n) is 6.16. The topological polar surface area (TPSA) is 99.6 Å². The van der Waals surface area contributed by atoms with Gasteiger partial charge in [-0.2, -0.15) is 0 Å². The summed E-state index contributed by atoms with van der Waals surface area (Å²) in [6, 6.07) is 6.48. The normalized spacial score (nSPS) is 15.2. The number of benzene rings is 1.